The number of nitrogens with zero attached hydrogens (tertiary/aromatic N) is 2. The number of hydrogen-bond acceptors (Lipinski definition) is 5. The maximum atomic E-state index is 11.8. The normalized spacial score (nSPS) is 20.4. The highest BCUT2D eigenvalue weighted by atomic mass is 35.5. The molecule has 2 aromatic rings. The molecular formula is C18H16ClN3O2S. The van der Waals surface area contributed by atoms with E-state index in [1.54, 1.807) is 6.07 Å². The van der Waals surface area contributed by atoms with Crippen LogP contribution in [0, 0.1) is 11.3 Å². The highest BCUT2D eigenvalue weighted by Crippen LogP contribution is 2.38. The lowest BCUT2D eigenvalue weighted by Crippen LogP contribution is -2.21. The minimum Gasteiger partial charge on any atom is -0.362 e. The third-order valence-corrected chi connectivity index (χ3v) is 6.79. The molecule has 0 saturated carbocycles. The average molecular weight is 374 g/mol. The van der Waals surface area contributed by atoms with Crippen molar-refractivity contribution >= 4 is 27.3 Å². The van der Waals surface area contributed by atoms with Crippen molar-refractivity contribution < 1.29 is 8.42 Å². The summed E-state index contributed by atoms with van der Waals surface area (Å²) >= 11 is 6.27. The predicted molar refractivity (Wildman–Crippen MR) is 96.3 cm³/mol. The van der Waals surface area contributed by atoms with Crippen LogP contribution in [0.25, 0.3) is 0 Å². The lowest BCUT2D eigenvalue weighted by Gasteiger charge is -2.20. The van der Waals surface area contributed by atoms with Gasteiger partial charge in [0.1, 0.15) is 11.9 Å². The molecule has 7 heteroatoms. The fraction of sp³-hybridized carbons (Fsp3) is 0.333. The third kappa shape index (κ3) is 2.99. The Morgan fingerprint density at radius 2 is 2.16 bits per heavy atom. The van der Waals surface area contributed by atoms with Crippen LogP contribution < -0.4 is 5.32 Å². The molecule has 1 atom stereocenters. The Balaban J connectivity index is 1.69. The largest absolute Gasteiger partial charge is 0.362 e. The average Bonchev–Trinajstić information content (AvgIpc) is 2.98. The number of halogens is 1. The standard InChI is InChI=1S/C18H16ClN3O2S/c19-15-3-1-2-14-13(15)4-5-17(14)22-18-11(9-20)8-12-10-25(23,24)7-6-16(12)21-18/h1-3,8,17H,4-7,10H2,(H,21,22). The van der Waals surface area contributed by atoms with Gasteiger partial charge in [-0.15, -0.1) is 0 Å². The molecule has 128 valence electrons. The van der Waals surface area contributed by atoms with Crippen LogP contribution in [-0.4, -0.2) is 19.2 Å². The Morgan fingerprint density at radius 3 is 2.96 bits per heavy atom. The number of aromatic nitrogens is 1. The number of nitriles is 1. The number of benzene rings is 1. The molecule has 25 heavy (non-hydrogen) atoms. The Bertz CT molecular complexity index is 1010. The molecule has 0 radical (unpaired) electrons. The van der Waals surface area contributed by atoms with Crippen LogP contribution in [0.15, 0.2) is 24.3 Å². The summed E-state index contributed by atoms with van der Waals surface area (Å²) in [4.78, 5) is 4.58. The monoisotopic (exact) mass is 373 g/mol. The summed E-state index contributed by atoms with van der Waals surface area (Å²) in [5.41, 5.74) is 4.07. The lowest BCUT2D eigenvalue weighted by molar-refractivity contribution is 0.590. The van der Waals surface area contributed by atoms with E-state index in [0.29, 0.717) is 23.4 Å². The predicted octanol–water partition coefficient (Wildman–Crippen LogP) is 3.18. The number of hydrogen-bond donors (Lipinski definition) is 1. The fourth-order valence-corrected chi connectivity index (χ4v) is 5.26. The zero-order valence-corrected chi connectivity index (χ0v) is 15.0. The van der Waals surface area contributed by atoms with Gasteiger partial charge in [0.25, 0.3) is 0 Å². The van der Waals surface area contributed by atoms with E-state index in [1.807, 2.05) is 18.2 Å². The molecule has 0 bridgehead atoms. The summed E-state index contributed by atoms with van der Waals surface area (Å²) < 4.78 is 23.6. The zero-order chi connectivity index (χ0) is 17.6. The molecule has 1 aromatic heterocycles. The number of aryl methyl sites for hydroxylation is 1. The fourth-order valence-electron chi connectivity index (χ4n) is 3.62. The molecule has 1 aliphatic carbocycles. The van der Waals surface area contributed by atoms with E-state index >= 15 is 0 Å². The van der Waals surface area contributed by atoms with Crippen molar-refractivity contribution in [1.29, 1.82) is 5.26 Å². The number of rotatable bonds is 2. The van der Waals surface area contributed by atoms with Crippen molar-refractivity contribution in [1.82, 2.24) is 4.98 Å². The van der Waals surface area contributed by atoms with Gasteiger partial charge in [-0.05, 0) is 41.7 Å². The summed E-state index contributed by atoms with van der Waals surface area (Å²) in [6.45, 7) is 0. The van der Waals surface area contributed by atoms with Crippen LogP contribution in [-0.2, 0) is 28.4 Å². The molecule has 1 N–H and O–H groups in total. The first-order valence-electron chi connectivity index (χ1n) is 8.14. The number of anilines is 1. The summed E-state index contributed by atoms with van der Waals surface area (Å²) in [5, 5.41) is 13.6. The first-order chi connectivity index (χ1) is 12.0. The molecular weight excluding hydrogens is 358 g/mol. The van der Waals surface area contributed by atoms with Crippen LogP contribution in [0.2, 0.25) is 5.02 Å². The summed E-state index contributed by atoms with van der Waals surface area (Å²) in [5.74, 6) is 0.602. The summed E-state index contributed by atoms with van der Waals surface area (Å²) in [7, 11) is -3.09. The molecule has 2 heterocycles. The maximum absolute atomic E-state index is 11.8. The van der Waals surface area contributed by atoms with Gasteiger partial charge >= 0.3 is 0 Å². The van der Waals surface area contributed by atoms with Crippen molar-refractivity contribution in [2.75, 3.05) is 11.1 Å². The third-order valence-electron chi connectivity index (χ3n) is 4.86. The molecule has 1 aromatic carbocycles. The molecule has 5 nitrogen and oxygen atoms in total. The van der Waals surface area contributed by atoms with E-state index in [0.717, 1.165) is 34.7 Å². The van der Waals surface area contributed by atoms with Gasteiger partial charge in [0, 0.05) is 17.1 Å². The molecule has 1 unspecified atom stereocenters. The van der Waals surface area contributed by atoms with E-state index < -0.39 is 9.84 Å². The smallest absolute Gasteiger partial charge is 0.154 e. The van der Waals surface area contributed by atoms with Crippen molar-refractivity contribution in [2.24, 2.45) is 0 Å². The van der Waals surface area contributed by atoms with E-state index in [4.69, 9.17) is 11.6 Å². The van der Waals surface area contributed by atoms with E-state index in [-0.39, 0.29) is 17.5 Å². The minimum absolute atomic E-state index is 0.0356. The quantitative estimate of drug-likeness (QED) is 0.874. The van der Waals surface area contributed by atoms with Gasteiger partial charge in [-0.3, -0.25) is 0 Å². The van der Waals surface area contributed by atoms with Crippen molar-refractivity contribution in [2.45, 2.75) is 31.1 Å². The Kier molecular flexibility index (Phi) is 3.94. The van der Waals surface area contributed by atoms with Crippen molar-refractivity contribution in [3.8, 4) is 6.07 Å². The van der Waals surface area contributed by atoms with Crippen LogP contribution in [0.5, 0.6) is 0 Å². The number of pyridine rings is 1. The van der Waals surface area contributed by atoms with Gasteiger partial charge in [0.15, 0.2) is 9.84 Å². The highest BCUT2D eigenvalue weighted by molar-refractivity contribution is 7.90. The lowest BCUT2D eigenvalue weighted by atomic mass is 10.1. The molecule has 1 aliphatic heterocycles. The second-order valence-electron chi connectivity index (χ2n) is 6.49. The molecule has 0 spiro atoms. The SMILES string of the molecule is N#Cc1cc2c(nc1NC1CCc3c(Cl)cccc31)CCS(=O)(=O)C2. The number of fused-ring (bicyclic) bond motifs is 2. The van der Waals surface area contributed by atoms with E-state index in [1.165, 1.54) is 0 Å². The van der Waals surface area contributed by atoms with Gasteiger partial charge in [-0.1, -0.05) is 23.7 Å². The Hall–Kier alpha value is -2.10. The molecule has 2 aliphatic rings. The van der Waals surface area contributed by atoms with Gasteiger partial charge in [0.2, 0.25) is 0 Å². The molecule has 0 saturated heterocycles. The summed E-state index contributed by atoms with van der Waals surface area (Å²) in [6.07, 6.45) is 2.17. The molecule has 0 amide bonds. The zero-order valence-electron chi connectivity index (χ0n) is 13.4. The minimum atomic E-state index is -3.09. The molecule has 0 fully saturated rings. The van der Waals surface area contributed by atoms with Crippen molar-refractivity contribution in [3.63, 3.8) is 0 Å². The van der Waals surface area contributed by atoms with Gasteiger partial charge in [-0.25, -0.2) is 13.4 Å². The molecule has 4 rings (SSSR count). The maximum Gasteiger partial charge on any atom is 0.154 e. The highest BCUT2D eigenvalue weighted by Gasteiger charge is 2.27. The van der Waals surface area contributed by atoms with Crippen LogP contribution in [0.4, 0.5) is 5.82 Å². The number of nitrogens with one attached hydrogen (secondary N) is 1. The van der Waals surface area contributed by atoms with Crippen LogP contribution in [0.3, 0.4) is 0 Å². The van der Waals surface area contributed by atoms with Gasteiger partial charge < -0.3 is 5.32 Å². The first kappa shape index (κ1) is 16.4. The second kappa shape index (κ2) is 6.01. The Morgan fingerprint density at radius 1 is 1.32 bits per heavy atom. The van der Waals surface area contributed by atoms with Crippen LogP contribution >= 0.6 is 11.6 Å². The topological polar surface area (TPSA) is 82.8 Å². The number of sulfone groups is 1. The van der Waals surface area contributed by atoms with Gasteiger partial charge in [0.05, 0.1) is 23.1 Å². The van der Waals surface area contributed by atoms with Gasteiger partial charge in [-0.2, -0.15) is 5.26 Å². The second-order valence-corrected chi connectivity index (χ2v) is 9.08. The van der Waals surface area contributed by atoms with E-state index in [9.17, 15) is 13.7 Å². The summed E-state index contributed by atoms with van der Waals surface area (Å²) in [6, 6.07) is 9.72. The van der Waals surface area contributed by atoms with Crippen LogP contribution in [0.1, 0.15) is 40.4 Å². The van der Waals surface area contributed by atoms with E-state index in [2.05, 4.69) is 16.4 Å². The first-order valence-corrected chi connectivity index (χ1v) is 10.3. The Labute approximate surface area is 151 Å². The van der Waals surface area contributed by atoms with Crippen molar-refractivity contribution in [3.05, 3.63) is 57.2 Å².